The summed E-state index contributed by atoms with van der Waals surface area (Å²) in [6.45, 7) is 3.86. The van der Waals surface area contributed by atoms with Crippen LogP contribution in [0.1, 0.15) is 31.4 Å². The molecule has 0 bridgehead atoms. The Morgan fingerprint density at radius 1 is 0.882 bits per heavy atom. The molecule has 0 heterocycles. The first-order valence-electron chi connectivity index (χ1n) is 10.9. The van der Waals surface area contributed by atoms with E-state index < -0.39 is 21.7 Å². The third-order valence-corrected chi connectivity index (χ3v) is 7.84. The molecule has 182 valence electrons. The molecule has 0 amide bonds. The lowest BCUT2D eigenvalue weighted by molar-refractivity contribution is 0.0246. The molecule has 34 heavy (non-hydrogen) atoms. The summed E-state index contributed by atoms with van der Waals surface area (Å²) >= 11 is 5.95. The minimum atomic E-state index is -3.97. The summed E-state index contributed by atoms with van der Waals surface area (Å²) in [5, 5.41) is 12.8. The maximum absolute atomic E-state index is 13.4. The zero-order valence-electron chi connectivity index (χ0n) is 19.7. The van der Waals surface area contributed by atoms with E-state index in [0.717, 1.165) is 0 Å². The van der Waals surface area contributed by atoms with Gasteiger partial charge in [-0.05, 0) is 65.6 Å². The van der Waals surface area contributed by atoms with Crippen molar-refractivity contribution in [1.82, 2.24) is 4.72 Å². The molecule has 3 rings (SSSR count). The molecule has 6 nitrogen and oxygen atoms in total. The Morgan fingerprint density at radius 3 is 1.71 bits per heavy atom. The number of rotatable bonds is 10. The fourth-order valence-electron chi connectivity index (χ4n) is 3.91. The Kier molecular flexibility index (Phi) is 8.25. The van der Waals surface area contributed by atoms with Crippen molar-refractivity contribution >= 4 is 21.6 Å². The molecule has 0 aliphatic heterocycles. The lowest BCUT2D eigenvalue weighted by Crippen LogP contribution is -2.54. The monoisotopic (exact) mass is 503 g/mol. The smallest absolute Gasteiger partial charge is 0.240 e. The zero-order chi connectivity index (χ0) is 24.9. The third-order valence-electron chi connectivity index (χ3n) is 6.13. The normalized spacial score (nSPS) is 13.8. The van der Waals surface area contributed by atoms with E-state index in [1.807, 2.05) is 13.8 Å². The number of hydrogen-bond donors (Lipinski definition) is 2. The first kappa shape index (κ1) is 26.0. The summed E-state index contributed by atoms with van der Waals surface area (Å²) in [6, 6.07) is 19.0. The molecule has 0 saturated carbocycles. The average molecular weight is 504 g/mol. The molecule has 2 N–H and O–H groups in total. The second kappa shape index (κ2) is 10.8. The second-order valence-corrected chi connectivity index (χ2v) is 10.3. The molecule has 0 aliphatic rings. The Labute approximate surface area is 206 Å². The van der Waals surface area contributed by atoms with Crippen LogP contribution in [0.4, 0.5) is 0 Å². The molecule has 3 aromatic carbocycles. The summed E-state index contributed by atoms with van der Waals surface area (Å²) in [5.41, 5.74) is -0.627. The van der Waals surface area contributed by atoms with Gasteiger partial charge in [-0.15, -0.1) is 0 Å². The van der Waals surface area contributed by atoms with Crippen molar-refractivity contribution < 1.29 is 23.0 Å². The largest absolute Gasteiger partial charge is 0.497 e. The Balaban J connectivity index is 2.18. The molecule has 3 aromatic rings. The molecular formula is C26H30ClNO5S. The number of hydrogen-bond acceptors (Lipinski definition) is 5. The van der Waals surface area contributed by atoms with Crippen molar-refractivity contribution in [2.24, 2.45) is 5.92 Å². The van der Waals surface area contributed by atoms with Gasteiger partial charge in [0.25, 0.3) is 0 Å². The molecule has 8 heteroatoms. The van der Waals surface area contributed by atoms with Gasteiger partial charge >= 0.3 is 0 Å². The number of methoxy groups -OCH3 is 2. The van der Waals surface area contributed by atoms with Crippen LogP contribution in [0.25, 0.3) is 0 Å². The summed E-state index contributed by atoms with van der Waals surface area (Å²) in [4.78, 5) is 0.0667. The van der Waals surface area contributed by atoms with Crippen molar-refractivity contribution in [3.05, 3.63) is 88.9 Å². The molecule has 0 spiro atoms. The Morgan fingerprint density at radius 2 is 1.32 bits per heavy atom. The van der Waals surface area contributed by atoms with Crippen LogP contribution in [-0.4, -0.2) is 33.8 Å². The van der Waals surface area contributed by atoms with E-state index in [-0.39, 0.29) is 10.8 Å². The highest BCUT2D eigenvalue weighted by molar-refractivity contribution is 7.89. The first-order chi connectivity index (χ1) is 16.1. The summed E-state index contributed by atoms with van der Waals surface area (Å²) in [5.74, 6) is 1.03. The molecular weight excluding hydrogens is 474 g/mol. The summed E-state index contributed by atoms with van der Waals surface area (Å²) in [6.07, 6.45) is 0.627. The van der Waals surface area contributed by atoms with Gasteiger partial charge in [-0.1, -0.05) is 56.1 Å². The van der Waals surface area contributed by atoms with Crippen LogP contribution < -0.4 is 14.2 Å². The van der Waals surface area contributed by atoms with Crippen LogP contribution in [0.3, 0.4) is 0 Å². The molecule has 0 aliphatic carbocycles. The number of halogens is 1. The topological polar surface area (TPSA) is 84.9 Å². The molecule has 0 unspecified atom stereocenters. The van der Waals surface area contributed by atoms with E-state index in [1.165, 1.54) is 24.3 Å². The van der Waals surface area contributed by atoms with Crippen molar-refractivity contribution in [3.63, 3.8) is 0 Å². The van der Waals surface area contributed by atoms with Gasteiger partial charge in [0, 0.05) is 5.02 Å². The van der Waals surface area contributed by atoms with Gasteiger partial charge in [0.2, 0.25) is 10.0 Å². The van der Waals surface area contributed by atoms with E-state index in [4.69, 9.17) is 21.1 Å². The van der Waals surface area contributed by atoms with Crippen molar-refractivity contribution in [1.29, 1.82) is 0 Å². The number of nitrogens with one attached hydrogen (secondary N) is 1. The van der Waals surface area contributed by atoms with Crippen LogP contribution in [0.15, 0.2) is 77.7 Å². The predicted molar refractivity (Wildman–Crippen MR) is 134 cm³/mol. The fraction of sp³-hybridized carbons (Fsp3) is 0.308. The lowest BCUT2D eigenvalue weighted by Gasteiger charge is -2.40. The first-order valence-corrected chi connectivity index (χ1v) is 12.8. The highest BCUT2D eigenvalue weighted by atomic mass is 35.5. The van der Waals surface area contributed by atoms with Gasteiger partial charge in [0.1, 0.15) is 17.1 Å². The number of aliphatic hydroxyl groups is 1. The third kappa shape index (κ3) is 5.39. The summed E-state index contributed by atoms with van der Waals surface area (Å²) in [7, 11) is -0.849. The molecule has 0 saturated heterocycles. The molecule has 0 aromatic heterocycles. The molecule has 0 radical (unpaired) electrons. The van der Waals surface area contributed by atoms with Gasteiger partial charge in [-0.3, -0.25) is 0 Å². The van der Waals surface area contributed by atoms with E-state index in [2.05, 4.69) is 4.72 Å². The maximum Gasteiger partial charge on any atom is 0.240 e. The van der Waals surface area contributed by atoms with Crippen molar-refractivity contribution in [2.45, 2.75) is 36.8 Å². The van der Waals surface area contributed by atoms with Crippen LogP contribution in [-0.2, 0) is 15.6 Å². The van der Waals surface area contributed by atoms with E-state index in [0.29, 0.717) is 34.1 Å². The average Bonchev–Trinajstić information content (AvgIpc) is 2.86. The standard InChI is InChI=1S/C26H30ClNO5S/c1-5-18(2)25(28-34(30,31)24-16-10-21(27)11-17-24)26(29,19-6-12-22(32-3)13-7-19)20-8-14-23(33-4)15-9-20/h6-18,25,28-29H,5H2,1-4H3/t18-,25-/m0/s1. The quantitative estimate of drug-likeness (QED) is 0.407. The van der Waals surface area contributed by atoms with E-state index in [9.17, 15) is 13.5 Å². The van der Waals surface area contributed by atoms with Crippen LogP contribution in [0.5, 0.6) is 11.5 Å². The van der Waals surface area contributed by atoms with Gasteiger partial charge in [-0.25, -0.2) is 13.1 Å². The number of benzene rings is 3. The Hall–Kier alpha value is -2.58. The van der Waals surface area contributed by atoms with Gasteiger partial charge in [-0.2, -0.15) is 0 Å². The highest BCUT2D eigenvalue weighted by Crippen LogP contribution is 2.39. The second-order valence-electron chi connectivity index (χ2n) is 8.16. The maximum atomic E-state index is 13.4. The van der Waals surface area contributed by atoms with E-state index in [1.54, 1.807) is 62.8 Å². The summed E-state index contributed by atoms with van der Waals surface area (Å²) < 4.78 is 40.1. The molecule has 2 atom stereocenters. The zero-order valence-corrected chi connectivity index (χ0v) is 21.2. The minimum absolute atomic E-state index is 0.0667. The predicted octanol–water partition coefficient (Wildman–Crippen LogP) is 4.99. The fourth-order valence-corrected chi connectivity index (χ4v) is 5.41. The van der Waals surface area contributed by atoms with Crippen LogP contribution in [0, 0.1) is 5.92 Å². The lowest BCUT2D eigenvalue weighted by atomic mass is 9.75. The van der Waals surface area contributed by atoms with Gasteiger partial charge in [0.15, 0.2) is 0 Å². The number of ether oxygens (including phenoxy) is 2. The van der Waals surface area contributed by atoms with Gasteiger partial charge < -0.3 is 14.6 Å². The van der Waals surface area contributed by atoms with Gasteiger partial charge in [0.05, 0.1) is 25.2 Å². The molecule has 0 fully saturated rings. The van der Waals surface area contributed by atoms with Crippen molar-refractivity contribution in [3.8, 4) is 11.5 Å². The number of sulfonamides is 1. The highest BCUT2D eigenvalue weighted by Gasteiger charge is 2.45. The van der Waals surface area contributed by atoms with Crippen molar-refractivity contribution in [2.75, 3.05) is 14.2 Å². The van der Waals surface area contributed by atoms with Crippen LogP contribution >= 0.6 is 11.6 Å². The SMILES string of the molecule is CC[C@H](C)[C@H](NS(=O)(=O)c1ccc(Cl)cc1)C(O)(c1ccc(OC)cc1)c1ccc(OC)cc1. The van der Waals surface area contributed by atoms with E-state index >= 15 is 0 Å². The Bertz CT molecular complexity index is 1130. The minimum Gasteiger partial charge on any atom is -0.497 e. The van der Waals surface area contributed by atoms with Crippen LogP contribution in [0.2, 0.25) is 5.02 Å².